The summed E-state index contributed by atoms with van der Waals surface area (Å²) in [7, 11) is 0. The number of ether oxygens (including phenoxy) is 1. The lowest BCUT2D eigenvalue weighted by Crippen LogP contribution is -2.36. The van der Waals surface area contributed by atoms with Crippen LogP contribution in [0, 0.1) is 0 Å². The van der Waals surface area contributed by atoms with Crippen molar-refractivity contribution in [2.45, 2.75) is 45.8 Å². The number of hydrogen-bond donors (Lipinski definition) is 2. The number of phenolic OH excluding ortho intramolecular Hbond substituents is 1. The summed E-state index contributed by atoms with van der Waals surface area (Å²) >= 11 is 0. The second-order valence-electron chi connectivity index (χ2n) is 6.62. The molecule has 1 amide bonds. The molecule has 0 spiro atoms. The van der Waals surface area contributed by atoms with Crippen LogP contribution in [-0.4, -0.2) is 27.1 Å². The molecule has 0 radical (unpaired) electrons. The zero-order valence-corrected chi connectivity index (χ0v) is 14.4. The van der Waals surface area contributed by atoms with Gasteiger partial charge in [0.25, 0.3) is 5.91 Å². The summed E-state index contributed by atoms with van der Waals surface area (Å²) in [6, 6.07) is 6.25. The van der Waals surface area contributed by atoms with Crippen LogP contribution in [0.25, 0.3) is 0 Å². The van der Waals surface area contributed by atoms with Gasteiger partial charge in [-0.2, -0.15) is 0 Å². The number of carbonyl (C=O) groups is 1. The molecule has 24 heavy (non-hydrogen) atoms. The standard InChI is InChI=1S/C18H23N3O3/c1-12(24-15-7-5-14(22)6-8-15)17(23)20-10-13-9-19-11-21-16(13)18(2,3)4/h5-9,11-12,22H,10H2,1-4H3,(H,20,23). The van der Waals surface area contributed by atoms with Gasteiger partial charge in [0.05, 0.1) is 5.69 Å². The number of rotatable bonds is 5. The van der Waals surface area contributed by atoms with Crippen molar-refractivity contribution in [3.63, 3.8) is 0 Å². The molecule has 1 atom stereocenters. The van der Waals surface area contributed by atoms with Crippen LogP contribution in [-0.2, 0) is 16.8 Å². The smallest absolute Gasteiger partial charge is 0.261 e. The molecule has 0 saturated carbocycles. The maximum absolute atomic E-state index is 12.2. The number of aromatic hydroxyl groups is 1. The van der Waals surface area contributed by atoms with Crippen LogP contribution in [0.4, 0.5) is 0 Å². The molecule has 1 unspecified atom stereocenters. The summed E-state index contributed by atoms with van der Waals surface area (Å²) in [5.41, 5.74) is 1.66. The topological polar surface area (TPSA) is 84.3 Å². The second-order valence-corrected chi connectivity index (χ2v) is 6.62. The van der Waals surface area contributed by atoms with E-state index >= 15 is 0 Å². The molecule has 0 fully saturated rings. The summed E-state index contributed by atoms with van der Waals surface area (Å²) in [4.78, 5) is 20.6. The Morgan fingerprint density at radius 2 is 1.96 bits per heavy atom. The highest BCUT2D eigenvalue weighted by Crippen LogP contribution is 2.23. The average molecular weight is 329 g/mol. The molecule has 0 aliphatic heterocycles. The minimum atomic E-state index is -0.655. The van der Waals surface area contributed by atoms with Crippen molar-refractivity contribution in [1.82, 2.24) is 15.3 Å². The number of aromatic nitrogens is 2. The quantitative estimate of drug-likeness (QED) is 0.881. The number of hydrogen-bond acceptors (Lipinski definition) is 5. The average Bonchev–Trinajstić information content (AvgIpc) is 2.54. The van der Waals surface area contributed by atoms with Crippen molar-refractivity contribution in [1.29, 1.82) is 0 Å². The predicted octanol–water partition coefficient (Wildman–Crippen LogP) is 2.56. The minimum Gasteiger partial charge on any atom is -0.508 e. The van der Waals surface area contributed by atoms with E-state index in [0.29, 0.717) is 12.3 Å². The van der Waals surface area contributed by atoms with E-state index in [9.17, 15) is 9.90 Å². The van der Waals surface area contributed by atoms with Crippen LogP contribution in [0.3, 0.4) is 0 Å². The highest BCUT2D eigenvalue weighted by atomic mass is 16.5. The number of phenols is 1. The number of nitrogens with one attached hydrogen (secondary N) is 1. The third-order valence-electron chi connectivity index (χ3n) is 3.47. The summed E-state index contributed by atoms with van der Waals surface area (Å²) in [5.74, 6) is 0.443. The third-order valence-corrected chi connectivity index (χ3v) is 3.47. The second kappa shape index (κ2) is 7.29. The molecule has 128 valence electrons. The van der Waals surface area contributed by atoms with Crippen LogP contribution < -0.4 is 10.1 Å². The highest BCUT2D eigenvalue weighted by Gasteiger charge is 2.21. The predicted molar refractivity (Wildman–Crippen MR) is 90.8 cm³/mol. The van der Waals surface area contributed by atoms with Crippen molar-refractivity contribution in [3.8, 4) is 11.5 Å². The highest BCUT2D eigenvalue weighted by molar-refractivity contribution is 5.80. The number of carbonyl (C=O) groups excluding carboxylic acids is 1. The first-order valence-electron chi connectivity index (χ1n) is 7.80. The van der Waals surface area contributed by atoms with E-state index < -0.39 is 6.10 Å². The van der Waals surface area contributed by atoms with Crippen molar-refractivity contribution in [2.75, 3.05) is 0 Å². The molecule has 1 aromatic heterocycles. The Hall–Kier alpha value is -2.63. The molecule has 6 nitrogen and oxygen atoms in total. The van der Waals surface area contributed by atoms with Crippen molar-refractivity contribution in [2.24, 2.45) is 0 Å². The van der Waals surface area contributed by atoms with E-state index in [-0.39, 0.29) is 17.1 Å². The Kier molecular flexibility index (Phi) is 5.39. The Balaban J connectivity index is 1.97. The fourth-order valence-electron chi connectivity index (χ4n) is 2.27. The summed E-state index contributed by atoms with van der Waals surface area (Å²) < 4.78 is 5.56. The van der Waals surface area contributed by atoms with E-state index in [1.165, 1.54) is 18.5 Å². The zero-order chi connectivity index (χ0) is 17.7. The minimum absolute atomic E-state index is 0.128. The maximum atomic E-state index is 12.2. The molecule has 2 aromatic rings. The van der Waals surface area contributed by atoms with Crippen LogP contribution in [0.15, 0.2) is 36.8 Å². The van der Waals surface area contributed by atoms with Gasteiger partial charge in [-0.3, -0.25) is 4.79 Å². The fraction of sp³-hybridized carbons (Fsp3) is 0.389. The largest absolute Gasteiger partial charge is 0.508 e. The Morgan fingerprint density at radius 3 is 2.58 bits per heavy atom. The van der Waals surface area contributed by atoms with Gasteiger partial charge in [0.2, 0.25) is 0 Å². The van der Waals surface area contributed by atoms with E-state index in [4.69, 9.17) is 4.74 Å². The van der Waals surface area contributed by atoms with E-state index in [0.717, 1.165) is 11.3 Å². The Morgan fingerprint density at radius 1 is 1.29 bits per heavy atom. The molecule has 2 rings (SSSR count). The monoisotopic (exact) mass is 329 g/mol. The van der Waals surface area contributed by atoms with Gasteiger partial charge in [0, 0.05) is 23.7 Å². The number of nitrogens with zero attached hydrogens (tertiary/aromatic N) is 2. The maximum Gasteiger partial charge on any atom is 0.261 e. The van der Waals surface area contributed by atoms with Crippen molar-refractivity contribution in [3.05, 3.63) is 48.0 Å². The molecule has 6 heteroatoms. The first kappa shape index (κ1) is 17.7. The first-order chi connectivity index (χ1) is 11.3. The summed E-state index contributed by atoms with van der Waals surface area (Å²) in [6.45, 7) is 8.22. The van der Waals surface area contributed by atoms with Gasteiger partial charge in [-0.1, -0.05) is 20.8 Å². The molecular formula is C18H23N3O3. The van der Waals surface area contributed by atoms with Gasteiger partial charge >= 0.3 is 0 Å². The van der Waals surface area contributed by atoms with Crippen molar-refractivity contribution >= 4 is 5.91 Å². The summed E-state index contributed by atoms with van der Waals surface area (Å²) in [6.07, 6.45) is 2.58. The molecule has 2 N–H and O–H groups in total. The number of benzene rings is 1. The first-order valence-corrected chi connectivity index (χ1v) is 7.80. The van der Waals surface area contributed by atoms with Crippen LogP contribution in [0.2, 0.25) is 0 Å². The van der Waals surface area contributed by atoms with E-state index in [1.807, 2.05) is 0 Å². The lowest BCUT2D eigenvalue weighted by molar-refractivity contribution is -0.127. The lowest BCUT2D eigenvalue weighted by atomic mass is 9.89. The van der Waals surface area contributed by atoms with E-state index in [1.54, 1.807) is 25.3 Å². The van der Waals surface area contributed by atoms with Crippen LogP contribution >= 0.6 is 0 Å². The fourth-order valence-corrected chi connectivity index (χ4v) is 2.27. The molecule has 0 bridgehead atoms. The van der Waals surface area contributed by atoms with E-state index in [2.05, 4.69) is 36.1 Å². The van der Waals surface area contributed by atoms with Gasteiger partial charge in [-0.15, -0.1) is 0 Å². The van der Waals surface area contributed by atoms with Gasteiger partial charge in [-0.05, 0) is 31.2 Å². The number of amides is 1. The van der Waals surface area contributed by atoms with Crippen molar-refractivity contribution < 1.29 is 14.6 Å². The van der Waals surface area contributed by atoms with Crippen LogP contribution in [0.5, 0.6) is 11.5 Å². The van der Waals surface area contributed by atoms with Gasteiger partial charge in [0.1, 0.15) is 17.8 Å². The zero-order valence-electron chi connectivity index (χ0n) is 14.4. The molecule has 1 heterocycles. The molecule has 0 aliphatic rings. The third kappa shape index (κ3) is 4.68. The molecule has 0 aliphatic carbocycles. The SMILES string of the molecule is CC(Oc1ccc(O)cc1)C(=O)NCc1cncnc1C(C)(C)C. The molecular weight excluding hydrogens is 306 g/mol. The van der Waals surface area contributed by atoms with Gasteiger partial charge in [-0.25, -0.2) is 9.97 Å². The Labute approximate surface area is 141 Å². The normalized spacial score (nSPS) is 12.5. The van der Waals surface area contributed by atoms with Gasteiger partial charge < -0.3 is 15.2 Å². The molecule has 0 saturated heterocycles. The molecule has 1 aromatic carbocycles. The van der Waals surface area contributed by atoms with Crippen LogP contribution in [0.1, 0.15) is 39.0 Å². The lowest BCUT2D eigenvalue weighted by Gasteiger charge is -2.21. The Bertz CT molecular complexity index is 693. The van der Waals surface area contributed by atoms with Gasteiger partial charge in [0.15, 0.2) is 6.10 Å². The summed E-state index contributed by atoms with van der Waals surface area (Å²) in [5, 5.41) is 12.1.